The number of hydrogen-bond donors (Lipinski definition) is 1. The topological polar surface area (TPSA) is 26.0 Å². The lowest BCUT2D eigenvalue weighted by atomic mass is 9.92. The summed E-state index contributed by atoms with van der Waals surface area (Å²) < 4.78 is 0. The van der Waals surface area contributed by atoms with E-state index >= 15 is 0 Å². The van der Waals surface area contributed by atoms with Gasteiger partial charge in [0.2, 0.25) is 0 Å². The first-order valence-corrected chi connectivity index (χ1v) is 6.94. The minimum Gasteiger partial charge on any atom is -0.320 e. The third kappa shape index (κ3) is 2.79. The zero-order valence-corrected chi connectivity index (χ0v) is 12.8. The van der Waals surface area contributed by atoms with Crippen LogP contribution in [0.3, 0.4) is 0 Å². The summed E-state index contributed by atoms with van der Waals surface area (Å²) in [5.74, 6) is 0. The minimum absolute atomic E-state index is 0.185. The van der Waals surface area contributed by atoms with Gasteiger partial charge in [0.15, 0.2) is 0 Å². The smallest absolute Gasteiger partial charge is 0.0557 e. The SMILES string of the molecule is Cc1cc(C(N)c2cccc(Cl)c2C)c(C)cc1Cl. The largest absolute Gasteiger partial charge is 0.320 e. The van der Waals surface area contributed by atoms with Crippen molar-refractivity contribution in [2.24, 2.45) is 5.73 Å². The molecular weight excluding hydrogens is 277 g/mol. The lowest BCUT2D eigenvalue weighted by Gasteiger charge is -2.19. The molecule has 0 radical (unpaired) electrons. The molecule has 0 fully saturated rings. The van der Waals surface area contributed by atoms with Crippen LogP contribution >= 0.6 is 23.2 Å². The van der Waals surface area contributed by atoms with Gasteiger partial charge in [0.25, 0.3) is 0 Å². The highest BCUT2D eigenvalue weighted by atomic mass is 35.5. The van der Waals surface area contributed by atoms with Gasteiger partial charge in [-0.1, -0.05) is 41.4 Å². The highest BCUT2D eigenvalue weighted by molar-refractivity contribution is 6.31. The Morgan fingerprint density at radius 3 is 2.26 bits per heavy atom. The van der Waals surface area contributed by atoms with Gasteiger partial charge in [0.05, 0.1) is 6.04 Å². The molecule has 1 atom stereocenters. The van der Waals surface area contributed by atoms with E-state index < -0.39 is 0 Å². The second-order valence-corrected chi connectivity index (χ2v) is 5.70. The molecule has 0 aromatic heterocycles. The van der Waals surface area contributed by atoms with E-state index in [1.165, 1.54) is 0 Å². The number of nitrogens with two attached hydrogens (primary N) is 1. The van der Waals surface area contributed by atoms with Crippen LogP contribution in [0, 0.1) is 20.8 Å². The van der Waals surface area contributed by atoms with Crippen LogP contribution in [0.2, 0.25) is 10.0 Å². The van der Waals surface area contributed by atoms with Crippen molar-refractivity contribution in [1.82, 2.24) is 0 Å². The molecule has 100 valence electrons. The Kier molecular flexibility index (Phi) is 4.19. The maximum atomic E-state index is 6.40. The first kappa shape index (κ1) is 14.4. The quantitative estimate of drug-likeness (QED) is 0.831. The Hall–Kier alpha value is -1.02. The van der Waals surface area contributed by atoms with Gasteiger partial charge in [-0.25, -0.2) is 0 Å². The van der Waals surface area contributed by atoms with Crippen molar-refractivity contribution in [3.8, 4) is 0 Å². The molecule has 2 N–H and O–H groups in total. The summed E-state index contributed by atoms with van der Waals surface area (Å²) in [5, 5.41) is 1.52. The van der Waals surface area contributed by atoms with E-state index in [1.54, 1.807) is 0 Å². The maximum Gasteiger partial charge on any atom is 0.0557 e. The molecule has 0 saturated carbocycles. The van der Waals surface area contributed by atoms with Gasteiger partial charge in [-0.15, -0.1) is 0 Å². The summed E-state index contributed by atoms with van der Waals surface area (Å²) in [5.41, 5.74) is 11.7. The van der Waals surface area contributed by atoms with Gasteiger partial charge in [-0.2, -0.15) is 0 Å². The highest BCUT2D eigenvalue weighted by Crippen LogP contribution is 2.31. The molecule has 2 aromatic carbocycles. The zero-order valence-electron chi connectivity index (χ0n) is 11.3. The predicted octanol–water partition coefficient (Wildman–Crippen LogP) is 4.97. The number of aryl methyl sites for hydroxylation is 2. The summed E-state index contributed by atoms with van der Waals surface area (Å²) in [7, 11) is 0. The molecule has 2 aromatic rings. The van der Waals surface area contributed by atoms with Gasteiger partial charge >= 0.3 is 0 Å². The van der Waals surface area contributed by atoms with Crippen molar-refractivity contribution in [3.63, 3.8) is 0 Å². The van der Waals surface area contributed by atoms with Crippen molar-refractivity contribution in [1.29, 1.82) is 0 Å². The van der Waals surface area contributed by atoms with Crippen LogP contribution in [-0.2, 0) is 0 Å². The third-order valence-electron chi connectivity index (χ3n) is 3.53. The molecule has 0 aliphatic carbocycles. The lowest BCUT2D eigenvalue weighted by molar-refractivity contribution is 0.851. The van der Waals surface area contributed by atoms with Crippen LogP contribution in [0.5, 0.6) is 0 Å². The van der Waals surface area contributed by atoms with Crippen LogP contribution < -0.4 is 5.73 Å². The van der Waals surface area contributed by atoms with Crippen molar-refractivity contribution < 1.29 is 0 Å². The molecule has 0 saturated heterocycles. The average molecular weight is 294 g/mol. The molecule has 3 heteroatoms. The van der Waals surface area contributed by atoms with Crippen molar-refractivity contribution >= 4 is 23.2 Å². The molecule has 0 aliphatic rings. The van der Waals surface area contributed by atoms with Crippen LogP contribution in [0.4, 0.5) is 0 Å². The fourth-order valence-electron chi connectivity index (χ4n) is 2.27. The number of benzene rings is 2. The predicted molar refractivity (Wildman–Crippen MR) is 83.1 cm³/mol. The van der Waals surface area contributed by atoms with Crippen LogP contribution in [0.1, 0.15) is 33.9 Å². The lowest BCUT2D eigenvalue weighted by Crippen LogP contribution is -2.15. The van der Waals surface area contributed by atoms with E-state index in [-0.39, 0.29) is 6.04 Å². The van der Waals surface area contributed by atoms with E-state index in [1.807, 2.05) is 45.0 Å². The van der Waals surface area contributed by atoms with Gasteiger partial charge in [-0.05, 0) is 60.7 Å². The molecule has 0 amide bonds. The molecule has 19 heavy (non-hydrogen) atoms. The van der Waals surface area contributed by atoms with Gasteiger partial charge in [-0.3, -0.25) is 0 Å². The Morgan fingerprint density at radius 1 is 0.895 bits per heavy atom. The molecule has 1 unspecified atom stereocenters. The Bertz CT molecular complexity index is 620. The van der Waals surface area contributed by atoms with Crippen LogP contribution in [0.15, 0.2) is 30.3 Å². The van der Waals surface area contributed by atoms with Crippen molar-refractivity contribution in [2.45, 2.75) is 26.8 Å². The van der Waals surface area contributed by atoms with Gasteiger partial charge in [0, 0.05) is 10.0 Å². The van der Waals surface area contributed by atoms with E-state index in [0.717, 1.165) is 37.9 Å². The molecule has 0 aliphatic heterocycles. The molecule has 0 bridgehead atoms. The summed E-state index contributed by atoms with van der Waals surface area (Å²) in [4.78, 5) is 0. The van der Waals surface area contributed by atoms with Gasteiger partial charge in [0.1, 0.15) is 0 Å². The minimum atomic E-state index is -0.185. The van der Waals surface area contributed by atoms with Crippen molar-refractivity contribution in [2.75, 3.05) is 0 Å². The normalized spacial score (nSPS) is 12.5. The monoisotopic (exact) mass is 293 g/mol. The van der Waals surface area contributed by atoms with E-state index in [9.17, 15) is 0 Å². The molecule has 1 nitrogen and oxygen atoms in total. The second-order valence-electron chi connectivity index (χ2n) is 4.89. The maximum absolute atomic E-state index is 6.40. The first-order chi connectivity index (χ1) is 8.91. The van der Waals surface area contributed by atoms with E-state index in [4.69, 9.17) is 28.9 Å². The summed E-state index contributed by atoms with van der Waals surface area (Å²) >= 11 is 12.3. The third-order valence-corrected chi connectivity index (χ3v) is 4.34. The first-order valence-electron chi connectivity index (χ1n) is 6.19. The van der Waals surface area contributed by atoms with Crippen molar-refractivity contribution in [3.05, 3.63) is 68.2 Å². The fourth-order valence-corrected chi connectivity index (χ4v) is 2.67. The Balaban J connectivity index is 2.53. The van der Waals surface area contributed by atoms with E-state index in [2.05, 4.69) is 6.07 Å². The molecule has 0 heterocycles. The Morgan fingerprint density at radius 2 is 1.58 bits per heavy atom. The van der Waals surface area contributed by atoms with Crippen LogP contribution in [0.25, 0.3) is 0 Å². The summed E-state index contributed by atoms with van der Waals surface area (Å²) in [6, 6.07) is 9.68. The summed E-state index contributed by atoms with van der Waals surface area (Å²) in [6.45, 7) is 6.01. The molecule has 2 rings (SSSR count). The molecule has 0 spiro atoms. The second kappa shape index (κ2) is 5.54. The van der Waals surface area contributed by atoms with Gasteiger partial charge < -0.3 is 5.73 Å². The Labute approximate surface area is 124 Å². The average Bonchev–Trinajstić information content (AvgIpc) is 2.36. The fraction of sp³-hybridized carbons (Fsp3) is 0.250. The van der Waals surface area contributed by atoms with Crippen LogP contribution in [-0.4, -0.2) is 0 Å². The number of rotatable bonds is 2. The molecular formula is C16H17Cl2N. The number of halogens is 2. The number of hydrogen-bond acceptors (Lipinski definition) is 1. The summed E-state index contributed by atoms with van der Waals surface area (Å²) in [6.07, 6.45) is 0. The highest BCUT2D eigenvalue weighted by Gasteiger charge is 2.16. The standard InChI is InChI=1S/C16H17Cl2N/c1-9-8-15(18)10(2)7-13(9)16(19)12-5-4-6-14(17)11(12)3/h4-8,16H,19H2,1-3H3. The zero-order chi connectivity index (χ0) is 14.2. The van der Waals surface area contributed by atoms with E-state index in [0.29, 0.717) is 0 Å².